The molecule has 7 heteroatoms. The van der Waals surface area contributed by atoms with Crippen LogP contribution in [0.15, 0.2) is 41.6 Å². The minimum absolute atomic E-state index is 0.161. The summed E-state index contributed by atoms with van der Waals surface area (Å²) < 4.78 is 5.17. The Hall–Kier alpha value is -2.54. The second kappa shape index (κ2) is 6.76. The van der Waals surface area contributed by atoms with Crippen LogP contribution < -0.4 is 5.56 Å². The summed E-state index contributed by atoms with van der Waals surface area (Å²) >= 11 is 0. The molecule has 1 amide bonds. The Labute approximate surface area is 121 Å². The largest absolute Gasteiger partial charge is 0.382 e. The number of H-pyrrole nitrogens is 1. The maximum Gasteiger partial charge on any atom is 0.274 e. The molecule has 0 saturated heterocycles. The molecule has 2 rings (SSSR count). The second-order valence-electron chi connectivity index (χ2n) is 4.44. The molecule has 0 saturated carbocycles. The lowest BCUT2D eigenvalue weighted by molar-refractivity contribution is 0.0589. The average molecular weight is 288 g/mol. The first-order chi connectivity index (χ1) is 10.1. The summed E-state index contributed by atoms with van der Waals surface area (Å²) in [5, 5.41) is 0. The molecule has 2 aromatic heterocycles. The number of hydrogen-bond acceptors (Lipinski definition) is 5. The lowest BCUT2D eigenvalue weighted by Crippen LogP contribution is -2.35. The summed E-state index contributed by atoms with van der Waals surface area (Å²) in [6, 6.07) is 5.14. The molecule has 0 spiro atoms. The fraction of sp³-hybridized carbons (Fsp3) is 0.286. The van der Waals surface area contributed by atoms with Crippen molar-refractivity contribution in [1.82, 2.24) is 19.9 Å². The van der Waals surface area contributed by atoms with Crippen LogP contribution in [0.4, 0.5) is 0 Å². The Balaban J connectivity index is 2.26. The minimum Gasteiger partial charge on any atom is -0.382 e. The Kier molecular flexibility index (Phi) is 4.78. The van der Waals surface area contributed by atoms with E-state index < -0.39 is 0 Å². The van der Waals surface area contributed by atoms with Gasteiger partial charge in [-0.2, -0.15) is 0 Å². The van der Waals surface area contributed by atoms with Crippen LogP contribution in [0.25, 0.3) is 0 Å². The van der Waals surface area contributed by atoms with Crippen LogP contribution in [0.1, 0.15) is 22.2 Å². The Morgan fingerprint density at radius 1 is 1.43 bits per heavy atom. The molecule has 0 fully saturated rings. The van der Waals surface area contributed by atoms with Crippen molar-refractivity contribution in [3.05, 3.63) is 58.5 Å². The third kappa shape index (κ3) is 3.51. The third-order valence-electron chi connectivity index (χ3n) is 3.03. The van der Waals surface area contributed by atoms with Gasteiger partial charge in [0.15, 0.2) is 0 Å². The van der Waals surface area contributed by atoms with Crippen LogP contribution >= 0.6 is 0 Å². The van der Waals surface area contributed by atoms with Crippen LogP contribution in [-0.4, -0.2) is 46.5 Å². The van der Waals surface area contributed by atoms with Gasteiger partial charge in [0, 0.05) is 26.6 Å². The Morgan fingerprint density at radius 3 is 2.81 bits per heavy atom. The smallest absolute Gasteiger partial charge is 0.274 e. The maximum absolute atomic E-state index is 12.4. The SMILES string of the molecule is COCC(c1ccccn1)N(C)C(=O)c1c[nH]c(=O)cn1. The number of amides is 1. The molecular weight excluding hydrogens is 272 g/mol. The van der Waals surface area contributed by atoms with E-state index in [-0.39, 0.29) is 23.2 Å². The van der Waals surface area contributed by atoms with E-state index in [0.717, 1.165) is 11.9 Å². The molecule has 0 aliphatic rings. The highest BCUT2D eigenvalue weighted by molar-refractivity contribution is 5.92. The highest BCUT2D eigenvalue weighted by atomic mass is 16.5. The van der Waals surface area contributed by atoms with Crippen molar-refractivity contribution in [2.24, 2.45) is 0 Å². The van der Waals surface area contributed by atoms with Crippen molar-refractivity contribution in [3.8, 4) is 0 Å². The number of nitrogens with zero attached hydrogens (tertiary/aromatic N) is 3. The Bertz CT molecular complexity index is 636. The highest BCUT2D eigenvalue weighted by Crippen LogP contribution is 2.18. The van der Waals surface area contributed by atoms with E-state index in [1.54, 1.807) is 26.4 Å². The first kappa shape index (κ1) is 14.9. The van der Waals surface area contributed by atoms with Gasteiger partial charge in [-0.05, 0) is 12.1 Å². The van der Waals surface area contributed by atoms with Gasteiger partial charge in [0.2, 0.25) is 0 Å². The number of nitrogens with one attached hydrogen (secondary N) is 1. The molecule has 1 N–H and O–H groups in total. The topological polar surface area (TPSA) is 88.2 Å². The number of aromatic amines is 1. The van der Waals surface area contributed by atoms with Gasteiger partial charge in [0.1, 0.15) is 5.69 Å². The van der Waals surface area contributed by atoms with Gasteiger partial charge < -0.3 is 14.6 Å². The van der Waals surface area contributed by atoms with Gasteiger partial charge in [0.05, 0.1) is 24.5 Å². The summed E-state index contributed by atoms with van der Waals surface area (Å²) in [5.74, 6) is -0.320. The highest BCUT2D eigenvalue weighted by Gasteiger charge is 2.24. The molecule has 110 valence electrons. The molecule has 0 aliphatic carbocycles. The van der Waals surface area contributed by atoms with Crippen molar-refractivity contribution in [2.75, 3.05) is 20.8 Å². The van der Waals surface area contributed by atoms with Crippen LogP contribution in [0.2, 0.25) is 0 Å². The number of carbonyl (C=O) groups is 1. The van der Waals surface area contributed by atoms with Gasteiger partial charge in [-0.25, -0.2) is 4.98 Å². The quantitative estimate of drug-likeness (QED) is 0.871. The van der Waals surface area contributed by atoms with E-state index in [2.05, 4.69) is 15.0 Å². The van der Waals surface area contributed by atoms with E-state index >= 15 is 0 Å². The van der Waals surface area contributed by atoms with E-state index in [9.17, 15) is 9.59 Å². The first-order valence-electron chi connectivity index (χ1n) is 6.35. The zero-order chi connectivity index (χ0) is 15.2. The fourth-order valence-electron chi connectivity index (χ4n) is 1.91. The monoisotopic (exact) mass is 288 g/mol. The van der Waals surface area contributed by atoms with Crippen LogP contribution in [0.3, 0.4) is 0 Å². The molecule has 0 bridgehead atoms. The van der Waals surface area contributed by atoms with Gasteiger partial charge in [-0.3, -0.25) is 14.6 Å². The standard InChI is InChI=1S/C14H16N4O3/c1-18(14(20)11-7-17-13(19)8-16-11)12(9-21-2)10-5-3-4-6-15-10/h3-8,12H,9H2,1-2H3,(H,17,19). The zero-order valence-electron chi connectivity index (χ0n) is 11.8. The number of rotatable bonds is 5. The van der Waals surface area contributed by atoms with Crippen LogP contribution in [0.5, 0.6) is 0 Å². The number of likely N-dealkylation sites (N-methyl/N-ethyl adjacent to an activating group) is 1. The summed E-state index contributed by atoms with van der Waals surface area (Å²) in [6.45, 7) is 0.308. The van der Waals surface area contributed by atoms with E-state index in [1.165, 1.54) is 11.1 Å². The number of pyridine rings is 1. The first-order valence-corrected chi connectivity index (χ1v) is 6.35. The molecule has 1 unspecified atom stereocenters. The fourth-order valence-corrected chi connectivity index (χ4v) is 1.91. The van der Waals surface area contributed by atoms with Crippen LogP contribution in [0, 0.1) is 0 Å². The molecule has 1 atom stereocenters. The van der Waals surface area contributed by atoms with Crippen molar-refractivity contribution >= 4 is 5.91 Å². The van der Waals surface area contributed by atoms with Crippen LogP contribution in [-0.2, 0) is 4.74 Å². The molecule has 0 aliphatic heterocycles. The molecular formula is C14H16N4O3. The number of carbonyl (C=O) groups excluding carboxylic acids is 1. The average Bonchev–Trinajstić information content (AvgIpc) is 2.53. The van der Waals surface area contributed by atoms with Crippen molar-refractivity contribution < 1.29 is 9.53 Å². The molecule has 7 nitrogen and oxygen atoms in total. The molecule has 2 heterocycles. The summed E-state index contributed by atoms with van der Waals surface area (Å²) in [6.07, 6.45) is 4.03. The summed E-state index contributed by atoms with van der Waals surface area (Å²) in [4.78, 5) is 35.4. The lowest BCUT2D eigenvalue weighted by atomic mass is 10.1. The van der Waals surface area contributed by atoms with Gasteiger partial charge in [0.25, 0.3) is 11.5 Å². The van der Waals surface area contributed by atoms with Gasteiger partial charge in [-0.1, -0.05) is 6.07 Å². The predicted octanol–water partition coefficient (Wildman–Crippen LogP) is 0.625. The molecule has 0 aromatic carbocycles. The second-order valence-corrected chi connectivity index (χ2v) is 4.44. The van der Waals surface area contributed by atoms with E-state index in [1.807, 2.05) is 12.1 Å². The summed E-state index contributed by atoms with van der Waals surface area (Å²) in [7, 11) is 3.21. The third-order valence-corrected chi connectivity index (χ3v) is 3.03. The number of ether oxygens (including phenoxy) is 1. The summed E-state index contributed by atoms with van der Waals surface area (Å²) in [5.41, 5.74) is 0.529. The lowest BCUT2D eigenvalue weighted by Gasteiger charge is -2.26. The molecule has 0 radical (unpaired) electrons. The van der Waals surface area contributed by atoms with E-state index in [0.29, 0.717) is 6.61 Å². The van der Waals surface area contributed by atoms with Gasteiger partial charge >= 0.3 is 0 Å². The maximum atomic E-state index is 12.4. The number of methoxy groups -OCH3 is 1. The number of hydrogen-bond donors (Lipinski definition) is 1. The number of aromatic nitrogens is 3. The zero-order valence-corrected chi connectivity index (χ0v) is 11.8. The Morgan fingerprint density at radius 2 is 2.24 bits per heavy atom. The predicted molar refractivity (Wildman–Crippen MR) is 75.8 cm³/mol. The van der Waals surface area contributed by atoms with Crippen molar-refractivity contribution in [2.45, 2.75) is 6.04 Å². The normalized spacial score (nSPS) is 11.9. The van der Waals surface area contributed by atoms with Gasteiger partial charge in [-0.15, -0.1) is 0 Å². The van der Waals surface area contributed by atoms with Crippen molar-refractivity contribution in [3.63, 3.8) is 0 Å². The van der Waals surface area contributed by atoms with Crippen molar-refractivity contribution in [1.29, 1.82) is 0 Å². The van der Waals surface area contributed by atoms with E-state index in [4.69, 9.17) is 4.74 Å². The molecule has 21 heavy (non-hydrogen) atoms. The molecule has 2 aromatic rings. The minimum atomic E-state index is -0.354.